The number of methoxy groups -OCH3 is 2. The molecule has 0 saturated heterocycles. The van der Waals surface area contributed by atoms with Crippen molar-refractivity contribution in [3.05, 3.63) is 58.4 Å². The molecule has 0 bridgehead atoms. The molecule has 134 valence electrons. The summed E-state index contributed by atoms with van der Waals surface area (Å²) >= 11 is 0. The van der Waals surface area contributed by atoms with E-state index in [1.54, 1.807) is 18.2 Å². The Morgan fingerprint density at radius 2 is 1.92 bits per heavy atom. The quantitative estimate of drug-likeness (QED) is 0.731. The molecular formula is C18H16FN3O4. The predicted octanol–water partition coefficient (Wildman–Crippen LogP) is 2.26. The van der Waals surface area contributed by atoms with E-state index < -0.39 is 11.4 Å². The van der Waals surface area contributed by atoms with Gasteiger partial charge < -0.3 is 19.8 Å². The number of carbonyl (C=O) groups is 1. The smallest absolute Gasteiger partial charge is 0.258 e. The lowest BCUT2D eigenvalue weighted by molar-refractivity contribution is -0.115. The van der Waals surface area contributed by atoms with Gasteiger partial charge in [-0.05, 0) is 30.3 Å². The topological polar surface area (TPSA) is 93.3 Å². The molecule has 7 nitrogen and oxygen atoms in total. The Labute approximate surface area is 147 Å². The van der Waals surface area contributed by atoms with Crippen molar-refractivity contribution in [2.24, 2.45) is 0 Å². The summed E-state index contributed by atoms with van der Waals surface area (Å²) in [7, 11) is 3.01. The van der Waals surface area contributed by atoms with Gasteiger partial charge in [0, 0.05) is 11.8 Å². The predicted molar refractivity (Wildman–Crippen MR) is 94.2 cm³/mol. The van der Waals surface area contributed by atoms with Gasteiger partial charge in [-0.2, -0.15) is 0 Å². The number of hydrogen-bond acceptors (Lipinski definition) is 5. The van der Waals surface area contributed by atoms with Crippen LogP contribution >= 0.6 is 0 Å². The number of hydrogen-bond donors (Lipinski definition) is 2. The van der Waals surface area contributed by atoms with Gasteiger partial charge in [-0.1, -0.05) is 0 Å². The van der Waals surface area contributed by atoms with E-state index in [9.17, 15) is 14.0 Å². The minimum Gasteiger partial charge on any atom is -0.493 e. The van der Waals surface area contributed by atoms with E-state index in [0.717, 1.165) is 6.07 Å². The van der Waals surface area contributed by atoms with Gasteiger partial charge in [-0.3, -0.25) is 9.59 Å². The molecule has 26 heavy (non-hydrogen) atoms. The van der Waals surface area contributed by atoms with E-state index in [1.807, 2.05) is 0 Å². The van der Waals surface area contributed by atoms with Crippen molar-refractivity contribution in [2.45, 2.75) is 6.42 Å². The number of nitrogens with one attached hydrogen (secondary N) is 2. The number of nitrogens with zero attached hydrogens (tertiary/aromatic N) is 1. The average Bonchev–Trinajstić information content (AvgIpc) is 2.62. The Morgan fingerprint density at radius 1 is 1.15 bits per heavy atom. The zero-order valence-electron chi connectivity index (χ0n) is 14.1. The van der Waals surface area contributed by atoms with Crippen LogP contribution in [0.4, 0.5) is 10.1 Å². The zero-order valence-corrected chi connectivity index (χ0v) is 14.1. The fraction of sp³-hybridized carbons (Fsp3) is 0.167. The molecule has 0 aliphatic rings. The largest absolute Gasteiger partial charge is 0.493 e. The first kappa shape index (κ1) is 17.4. The van der Waals surface area contributed by atoms with Crippen molar-refractivity contribution >= 4 is 22.5 Å². The Hall–Kier alpha value is -3.42. The summed E-state index contributed by atoms with van der Waals surface area (Å²) in [6, 6.07) is 8.67. The summed E-state index contributed by atoms with van der Waals surface area (Å²) in [5.74, 6) is 0.306. The SMILES string of the molecule is COc1ccc(NC(=O)Cc2nc3ccc(F)cc3c(=O)[nH]2)cc1OC. The molecule has 1 aromatic heterocycles. The van der Waals surface area contributed by atoms with Crippen LogP contribution in [0, 0.1) is 5.82 Å². The lowest BCUT2D eigenvalue weighted by Crippen LogP contribution is -2.19. The van der Waals surface area contributed by atoms with Crippen LogP contribution in [-0.2, 0) is 11.2 Å². The van der Waals surface area contributed by atoms with Gasteiger partial charge in [0.1, 0.15) is 11.6 Å². The molecule has 0 radical (unpaired) electrons. The fourth-order valence-electron chi connectivity index (χ4n) is 2.51. The number of H-pyrrole nitrogens is 1. The molecule has 8 heteroatoms. The van der Waals surface area contributed by atoms with Crippen molar-refractivity contribution in [2.75, 3.05) is 19.5 Å². The summed E-state index contributed by atoms with van der Waals surface area (Å²) in [6.45, 7) is 0. The number of aromatic amines is 1. The van der Waals surface area contributed by atoms with Gasteiger partial charge in [0.05, 0.1) is 31.5 Å². The molecule has 1 heterocycles. The highest BCUT2D eigenvalue weighted by molar-refractivity contribution is 5.92. The number of anilines is 1. The number of fused-ring (bicyclic) bond motifs is 1. The number of halogens is 1. The van der Waals surface area contributed by atoms with E-state index in [0.29, 0.717) is 22.7 Å². The van der Waals surface area contributed by atoms with E-state index in [1.165, 1.54) is 26.4 Å². The number of ether oxygens (including phenoxy) is 2. The van der Waals surface area contributed by atoms with E-state index in [-0.39, 0.29) is 23.5 Å². The molecule has 3 rings (SSSR count). The maximum Gasteiger partial charge on any atom is 0.258 e. The highest BCUT2D eigenvalue weighted by Gasteiger charge is 2.11. The second-order valence-electron chi connectivity index (χ2n) is 5.47. The Balaban J connectivity index is 1.79. The number of carbonyl (C=O) groups excluding carboxylic acids is 1. The summed E-state index contributed by atoms with van der Waals surface area (Å²) in [6.07, 6.45) is -0.142. The molecule has 0 saturated carbocycles. The average molecular weight is 357 g/mol. The molecule has 2 N–H and O–H groups in total. The molecule has 0 aliphatic heterocycles. The third-order valence-corrected chi connectivity index (χ3v) is 3.71. The molecule has 1 amide bonds. The normalized spacial score (nSPS) is 10.6. The number of aromatic nitrogens is 2. The van der Waals surface area contributed by atoms with Gasteiger partial charge in [0.15, 0.2) is 11.5 Å². The fourth-order valence-corrected chi connectivity index (χ4v) is 2.51. The van der Waals surface area contributed by atoms with Gasteiger partial charge in [0.25, 0.3) is 5.56 Å². The van der Waals surface area contributed by atoms with Crippen LogP contribution in [0.2, 0.25) is 0 Å². The first-order chi connectivity index (χ1) is 12.5. The first-order valence-corrected chi connectivity index (χ1v) is 7.70. The maximum absolute atomic E-state index is 13.2. The van der Waals surface area contributed by atoms with E-state index >= 15 is 0 Å². The molecular weight excluding hydrogens is 341 g/mol. The van der Waals surface area contributed by atoms with Crippen LogP contribution in [0.5, 0.6) is 11.5 Å². The second-order valence-corrected chi connectivity index (χ2v) is 5.47. The van der Waals surface area contributed by atoms with Crippen LogP contribution in [0.25, 0.3) is 10.9 Å². The summed E-state index contributed by atoms with van der Waals surface area (Å²) < 4.78 is 23.5. The summed E-state index contributed by atoms with van der Waals surface area (Å²) in [4.78, 5) is 30.9. The zero-order chi connectivity index (χ0) is 18.7. The van der Waals surface area contributed by atoms with Crippen molar-refractivity contribution in [3.8, 4) is 11.5 Å². The van der Waals surface area contributed by atoms with Gasteiger partial charge in [-0.15, -0.1) is 0 Å². The third-order valence-electron chi connectivity index (χ3n) is 3.71. The Morgan fingerprint density at radius 3 is 2.65 bits per heavy atom. The van der Waals surface area contributed by atoms with Crippen molar-refractivity contribution in [1.82, 2.24) is 9.97 Å². The number of rotatable bonds is 5. The first-order valence-electron chi connectivity index (χ1n) is 7.70. The number of amides is 1. The third kappa shape index (κ3) is 3.64. The van der Waals surface area contributed by atoms with Crippen LogP contribution in [0.15, 0.2) is 41.2 Å². The Kier molecular flexibility index (Phi) is 4.83. The van der Waals surface area contributed by atoms with Crippen molar-refractivity contribution < 1.29 is 18.7 Å². The molecule has 0 atom stereocenters. The minimum absolute atomic E-state index is 0.133. The van der Waals surface area contributed by atoms with Crippen LogP contribution in [0.3, 0.4) is 0 Å². The van der Waals surface area contributed by atoms with Crippen molar-refractivity contribution in [1.29, 1.82) is 0 Å². The minimum atomic E-state index is -0.524. The maximum atomic E-state index is 13.2. The highest BCUT2D eigenvalue weighted by atomic mass is 19.1. The van der Waals surface area contributed by atoms with Gasteiger partial charge in [-0.25, -0.2) is 9.37 Å². The molecule has 0 aliphatic carbocycles. The van der Waals surface area contributed by atoms with Crippen LogP contribution in [0.1, 0.15) is 5.82 Å². The second kappa shape index (κ2) is 7.22. The summed E-state index contributed by atoms with van der Waals surface area (Å²) in [5.41, 5.74) is 0.338. The van der Waals surface area contributed by atoms with Crippen LogP contribution in [-0.4, -0.2) is 30.1 Å². The standard InChI is InChI=1S/C18H16FN3O4/c1-25-14-6-4-11(8-15(14)26-2)20-17(23)9-16-21-13-5-3-10(19)7-12(13)18(24)22-16/h3-8H,9H2,1-2H3,(H,20,23)(H,21,22,24). The molecule has 3 aromatic rings. The monoisotopic (exact) mass is 357 g/mol. The number of benzene rings is 2. The van der Waals surface area contributed by atoms with Crippen LogP contribution < -0.4 is 20.3 Å². The van der Waals surface area contributed by atoms with Gasteiger partial charge >= 0.3 is 0 Å². The Bertz CT molecular complexity index is 1030. The highest BCUT2D eigenvalue weighted by Crippen LogP contribution is 2.29. The molecule has 2 aromatic carbocycles. The van der Waals surface area contributed by atoms with Crippen molar-refractivity contribution in [3.63, 3.8) is 0 Å². The molecule has 0 spiro atoms. The summed E-state index contributed by atoms with van der Waals surface area (Å²) in [5, 5.41) is 2.83. The van der Waals surface area contributed by atoms with E-state index in [4.69, 9.17) is 9.47 Å². The van der Waals surface area contributed by atoms with Gasteiger partial charge in [0.2, 0.25) is 5.91 Å². The molecule has 0 unspecified atom stereocenters. The lowest BCUT2D eigenvalue weighted by Gasteiger charge is -2.10. The van der Waals surface area contributed by atoms with E-state index in [2.05, 4.69) is 15.3 Å². The molecule has 0 fully saturated rings. The lowest BCUT2D eigenvalue weighted by atomic mass is 10.2.